The Hall–Kier alpha value is -2.08. The molecule has 1 aromatic rings. The summed E-state index contributed by atoms with van der Waals surface area (Å²) < 4.78 is 5.03. The molecule has 0 spiro atoms. The number of ether oxygens (including phenoxy) is 1. The van der Waals surface area contributed by atoms with Gasteiger partial charge in [0.05, 0.1) is 13.2 Å². The first-order valence-electron chi connectivity index (χ1n) is 6.44. The van der Waals surface area contributed by atoms with E-state index in [4.69, 9.17) is 14.9 Å². The number of carboxylic acids is 1. The van der Waals surface area contributed by atoms with Crippen molar-refractivity contribution >= 4 is 17.7 Å². The van der Waals surface area contributed by atoms with E-state index in [9.17, 15) is 9.59 Å². The highest BCUT2D eigenvalue weighted by Crippen LogP contribution is 2.16. The molecule has 2 N–H and O–H groups in total. The normalized spacial score (nSPS) is 10.1. The number of carbonyl (C=O) groups is 2. The van der Waals surface area contributed by atoms with Gasteiger partial charge < -0.3 is 14.9 Å². The van der Waals surface area contributed by atoms with Crippen molar-refractivity contribution in [1.82, 2.24) is 0 Å². The summed E-state index contributed by atoms with van der Waals surface area (Å²) in [6, 6.07) is 6.41. The summed E-state index contributed by atoms with van der Waals surface area (Å²) in [6.45, 7) is 1.65. The highest BCUT2D eigenvalue weighted by atomic mass is 16.6. The van der Waals surface area contributed by atoms with E-state index < -0.39 is 18.6 Å². The minimum Gasteiger partial charge on any atom is -0.480 e. The number of carbonyl (C=O) groups excluding carboxylic acids is 1. The van der Waals surface area contributed by atoms with Gasteiger partial charge in [-0.25, -0.2) is 4.79 Å². The molecule has 0 aromatic heterocycles. The number of rotatable bonds is 7. The minimum atomic E-state index is -1.12. The van der Waals surface area contributed by atoms with Crippen LogP contribution < -0.4 is 4.90 Å². The molecule has 1 amide bonds. The van der Waals surface area contributed by atoms with Crippen LogP contribution in [-0.4, -0.2) is 35.4 Å². The summed E-state index contributed by atoms with van der Waals surface area (Å²) in [5.41, 5.74) is 1.11. The molecule has 0 bridgehead atoms. The van der Waals surface area contributed by atoms with Crippen molar-refractivity contribution in [2.75, 3.05) is 18.1 Å². The second-order valence-electron chi connectivity index (χ2n) is 4.27. The lowest BCUT2D eigenvalue weighted by Gasteiger charge is -2.20. The average molecular weight is 281 g/mol. The number of aliphatic hydroxyl groups is 1. The van der Waals surface area contributed by atoms with Gasteiger partial charge in [-0.05, 0) is 24.1 Å². The molecule has 0 saturated heterocycles. The number of amides is 1. The van der Waals surface area contributed by atoms with E-state index in [1.807, 2.05) is 6.92 Å². The molecule has 0 heterocycles. The van der Waals surface area contributed by atoms with E-state index in [0.717, 1.165) is 17.7 Å². The van der Waals surface area contributed by atoms with Gasteiger partial charge in [0.25, 0.3) is 0 Å². The summed E-state index contributed by atoms with van der Waals surface area (Å²) in [7, 11) is 0. The van der Waals surface area contributed by atoms with Crippen LogP contribution in [-0.2, 0) is 16.1 Å². The van der Waals surface area contributed by atoms with Gasteiger partial charge in [-0.15, -0.1) is 0 Å². The molecule has 0 aliphatic heterocycles. The summed E-state index contributed by atoms with van der Waals surface area (Å²) in [4.78, 5) is 23.8. The third-order valence-corrected chi connectivity index (χ3v) is 2.67. The number of anilines is 1. The van der Waals surface area contributed by atoms with E-state index in [0.29, 0.717) is 11.3 Å². The Labute approximate surface area is 117 Å². The van der Waals surface area contributed by atoms with Gasteiger partial charge in [0, 0.05) is 5.69 Å². The molecule has 6 nitrogen and oxygen atoms in total. The number of benzene rings is 1. The molecule has 0 radical (unpaired) electrons. The van der Waals surface area contributed by atoms with E-state index in [-0.39, 0.29) is 13.2 Å². The zero-order chi connectivity index (χ0) is 15.0. The maximum atomic E-state index is 11.9. The van der Waals surface area contributed by atoms with Crippen molar-refractivity contribution in [1.29, 1.82) is 0 Å². The summed E-state index contributed by atoms with van der Waals surface area (Å²) in [6.07, 6.45) is 0.936. The summed E-state index contributed by atoms with van der Waals surface area (Å²) in [5, 5.41) is 17.8. The third kappa shape index (κ3) is 4.89. The lowest BCUT2D eigenvalue weighted by atomic mass is 10.2. The summed E-state index contributed by atoms with van der Waals surface area (Å²) in [5.74, 6) is -1.12. The first-order chi connectivity index (χ1) is 9.58. The zero-order valence-electron chi connectivity index (χ0n) is 11.4. The molecule has 1 aromatic carbocycles. The Balaban J connectivity index is 2.81. The zero-order valence-corrected chi connectivity index (χ0v) is 11.4. The number of aliphatic carboxylic acids is 1. The summed E-state index contributed by atoms with van der Waals surface area (Å²) >= 11 is 0. The van der Waals surface area contributed by atoms with Gasteiger partial charge in [0.2, 0.25) is 0 Å². The van der Waals surface area contributed by atoms with Crippen molar-refractivity contribution in [3.8, 4) is 0 Å². The Kier molecular flexibility index (Phi) is 6.52. The fourth-order valence-electron chi connectivity index (χ4n) is 1.56. The molecule has 0 aliphatic rings. The maximum Gasteiger partial charge on any atom is 0.414 e. The van der Waals surface area contributed by atoms with Gasteiger partial charge in [0.15, 0.2) is 0 Å². The van der Waals surface area contributed by atoms with Crippen LogP contribution in [0.2, 0.25) is 0 Å². The largest absolute Gasteiger partial charge is 0.480 e. The van der Waals surface area contributed by atoms with E-state index in [1.165, 1.54) is 0 Å². The lowest BCUT2D eigenvalue weighted by molar-refractivity contribution is -0.135. The predicted octanol–water partition coefficient (Wildman–Crippen LogP) is 2.01. The van der Waals surface area contributed by atoms with Crippen molar-refractivity contribution in [2.24, 2.45) is 0 Å². The number of carboxylic acid groups (broad SMARTS) is 1. The molecular weight excluding hydrogens is 262 g/mol. The second kappa shape index (κ2) is 8.16. The van der Waals surface area contributed by atoms with Crippen molar-refractivity contribution in [2.45, 2.75) is 26.4 Å². The highest BCUT2D eigenvalue weighted by molar-refractivity contribution is 5.92. The molecule has 0 saturated carbocycles. The van der Waals surface area contributed by atoms with Crippen molar-refractivity contribution in [3.05, 3.63) is 29.8 Å². The Morgan fingerprint density at radius 1 is 1.25 bits per heavy atom. The average Bonchev–Trinajstić information content (AvgIpc) is 2.45. The molecule has 110 valence electrons. The number of hydrogen-bond donors (Lipinski definition) is 2. The lowest BCUT2D eigenvalue weighted by Crippen LogP contribution is -2.36. The Morgan fingerprint density at radius 3 is 2.40 bits per heavy atom. The number of nitrogens with zero attached hydrogens (tertiary/aromatic N) is 1. The second-order valence-corrected chi connectivity index (χ2v) is 4.27. The van der Waals surface area contributed by atoms with E-state index in [1.54, 1.807) is 24.3 Å². The SMILES string of the molecule is CCCCOC(=O)N(CC(=O)O)c1ccc(CO)cc1. The third-order valence-electron chi connectivity index (χ3n) is 2.67. The first kappa shape index (κ1) is 16.0. The predicted molar refractivity (Wildman–Crippen MR) is 73.6 cm³/mol. The smallest absolute Gasteiger partial charge is 0.414 e. The maximum absolute atomic E-state index is 11.9. The molecule has 0 fully saturated rings. The van der Waals surface area contributed by atoms with Crippen LogP contribution >= 0.6 is 0 Å². The first-order valence-corrected chi connectivity index (χ1v) is 6.44. The molecular formula is C14H19NO5. The molecule has 1 rings (SSSR count). The van der Waals surface area contributed by atoms with Crippen LogP contribution in [0.4, 0.5) is 10.5 Å². The fraction of sp³-hybridized carbons (Fsp3) is 0.429. The minimum absolute atomic E-state index is 0.111. The highest BCUT2D eigenvalue weighted by Gasteiger charge is 2.20. The van der Waals surface area contributed by atoms with Crippen LogP contribution in [0.5, 0.6) is 0 Å². The quantitative estimate of drug-likeness (QED) is 0.746. The van der Waals surface area contributed by atoms with Crippen molar-refractivity contribution < 1.29 is 24.5 Å². The number of aliphatic hydroxyl groups excluding tert-OH is 1. The topological polar surface area (TPSA) is 87.1 Å². The number of unbranched alkanes of at least 4 members (excludes halogenated alkanes) is 1. The Bertz CT molecular complexity index is 443. The van der Waals surface area contributed by atoms with Crippen LogP contribution in [0.3, 0.4) is 0 Å². The fourth-order valence-corrected chi connectivity index (χ4v) is 1.56. The molecule has 0 unspecified atom stereocenters. The van der Waals surface area contributed by atoms with Gasteiger partial charge in [0.1, 0.15) is 6.54 Å². The molecule has 0 atom stereocenters. The van der Waals surface area contributed by atoms with Crippen LogP contribution in [0.15, 0.2) is 24.3 Å². The standard InChI is InChI=1S/C14H19NO5/c1-2-3-8-20-14(19)15(9-13(17)18)12-6-4-11(10-16)5-7-12/h4-7,16H,2-3,8-10H2,1H3,(H,17,18). The van der Waals surface area contributed by atoms with E-state index in [2.05, 4.69) is 0 Å². The van der Waals surface area contributed by atoms with Crippen LogP contribution in [0.1, 0.15) is 25.3 Å². The van der Waals surface area contributed by atoms with Gasteiger partial charge in [-0.3, -0.25) is 9.69 Å². The van der Waals surface area contributed by atoms with Crippen molar-refractivity contribution in [3.63, 3.8) is 0 Å². The van der Waals surface area contributed by atoms with Gasteiger partial charge >= 0.3 is 12.1 Å². The number of hydrogen-bond acceptors (Lipinski definition) is 4. The molecule has 0 aliphatic carbocycles. The van der Waals surface area contributed by atoms with E-state index >= 15 is 0 Å². The molecule has 6 heteroatoms. The van der Waals surface area contributed by atoms with Gasteiger partial charge in [-0.1, -0.05) is 25.5 Å². The Morgan fingerprint density at radius 2 is 1.90 bits per heavy atom. The van der Waals surface area contributed by atoms with Crippen LogP contribution in [0, 0.1) is 0 Å². The van der Waals surface area contributed by atoms with Gasteiger partial charge in [-0.2, -0.15) is 0 Å². The van der Waals surface area contributed by atoms with Crippen LogP contribution in [0.25, 0.3) is 0 Å². The molecule has 20 heavy (non-hydrogen) atoms. The monoisotopic (exact) mass is 281 g/mol.